The van der Waals surface area contributed by atoms with E-state index in [0.717, 1.165) is 36.4 Å². The maximum atomic E-state index is 12.5. The summed E-state index contributed by atoms with van der Waals surface area (Å²) in [4.78, 5) is 27.8. The molecule has 1 aliphatic heterocycles. The Bertz CT molecular complexity index is 869. The van der Waals surface area contributed by atoms with Gasteiger partial charge in [-0.15, -0.1) is 0 Å². The number of urea groups is 1. The first-order valence-electron chi connectivity index (χ1n) is 10.3. The van der Waals surface area contributed by atoms with E-state index in [-0.39, 0.29) is 18.0 Å². The first-order chi connectivity index (χ1) is 14.4. The van der Waals surface area contributed by atoms with E-state index >= 15 is 0 Å². The number of primary amides is 1. The largest absolute Gasteiger partial charge is 0.492 e. The Morgan fingerprint density at radius 1 is 1.23 bits per heavy atom. The van der Waals surface area contributed by atoms with Gasteiger partial charge in [0.1, 0.15) is 12.4 Å². The predicted octanol–water partition coefficient (Wildman–Crippen LogP) is 2.99. The van der Waals surface area contributed by atoms with Crippen LogP contribution in [-0.2, 0) is 11.3 Å². The number of likely N-dealkylation sites (tertiary alicyclic amines) is 1. The zero-order valence-corrected chi connectivity index (χ0v) is 17.6. The van der Waals surface area contributed by atoms with Gasteiger partial charge >= 0.3 is 6.03 Å². The number of amides is 3. The molecule has 0 unspecified atom stereocenters. The molecule has 7 nitrogen and oxygen atoms in total. The third-order valence-corrected chi connectivity index (χ3v) is 5.32. The van der Waals surface area contributed by atoms with Crippen molar-refractivity contribution in [3.05, 3.63) is 59.7 Å². The first kappa shape index (κ1) is 21.6. The molecular formula is C23H30N4O3. The summed E-state index contributed by atoms with van der Waals surface area (Å²) in [7, 11) is 1.74. The second-order valence-corrected chi connectivity index (χ2v) is 7.74. The lowest BCUT2D eigenvalue weighted by Gasteiger charge is -2.22. The Balaban J connectivity index is 1.49. The number of hydrogen-bond donors (Lipinski definition) is 2. The van der Waals surface area contributed by atoms with E-state index in [2.05, 4.69) is 10.2 Å². The van der Waals surface area contributed by atoms with Crippen LogP contribution in [0.5, 0.6) is 5.75 Å². The van der Waals surface area contributed by atoms with Gasteiger partial charge in [0.05, 0.1) is 12.6 Å². The lowest BCUT2D eigenvalue weighted by atomic mass is 10.1. The Kier molecular flexibility index (Phi) is 7.30. The van der Waals surface area contributed by atoms with Gasteiger partial charge in [0, 0.05) is 19.3 Å². The number of carbonyl (C=O) groups excluding carboxylic acids is 2. The molecule has 3 N–H and O–H groups in total. The maximum Gasteiger partial charge on any atom is 0.321 e. The van der Waals surface area contributed by atoms with E-state index in [1.54, 1.807) is 11.9 Å². The number of benzene rings is 2. The molecule has 1 aliphatic rings. The van der Waals surface area contributed by atoms with Crippen molar-refractivity contribution >= 4 is 17.6 Å². The van der Waals surface area contributed by atoms with Crippen molar-refractivity contribution in [2.45, 2.75) is 32.4 Å². The smallest absolute Gasteiger partial charge is 0.321 e. The van der Waals surface area contributed by atoms with Crippen molar-refractivity contribution in [1.82, 2.24) is 9.80 Å². The van der Waals surface area contributed by atoms with E-state index in [9.17, 15) is 9.59 Å². The average molecular weight is 411 g/mol. The Hall–Kier alpha value is -3.06. The van der Waals surface area contributed by atoms with E-state index in [1.807, 2.05) is 55.5 Å². The number of nitrogens with zero attached hydrogens (tertiary/aromatic N) is 2. The maximum absolute atomic E-state index is 12.5. The summed E-state index contributed by atoms with van der Waals surface area (Å²) in [6.07, 6.45) is 1.78. The van der Waals surface area contributed by atoms with Gasteiger partial charge in [-0.1, -0.05) is 29.8 Å². The van der Waals surface area contributed by atoms with Crippen LogP contribution in [0.3, 0.4) is 0 Å². The molecule has 0 spiro atoms. The van der Waals surface area contributed by atoms with Crippen LogP contribution in [0.4, 0.5) is 10.5 Å². The molecule has 0 radical (unpaired) electrons. The third kappa shape index (κ3) is 5.97. The molecule has 30 heavy (non-hydrogen) atoms. The number of nitrogens with one attached hydrogen (secondary N) is 1. The number of aryl methyl sites for hydroxylation is 1. The molecule has 0 aliphatic carbocycles. The molecule has 0 bridgehead atoms. The molecule has 7 heteroatoms. The van der Waals surface area contributed by atoms with Crippen molar-refractivity contribution in [2.24, 2.45) is 5.73 Å². The number of anilines is 1. The third-order valence-electron chi connectivity index (χ3n) is 5.32. The van der Waals surface area contributed by atoms with Gasteiger partial charge < -0.3 is 20.7 Å². The number of rotatable bonds is 8. The van der Waals surface area contributed by atoms with E-state index in [0.29, 0.717) is 19.7 Å². The summed E-state index contributed by atoms with van der Waals surface area (Å²) in [5, 5.41) is 2.92. The SMILES string of the molecule is Cc1ccc(OCCN(C)C(=O)Nc2cccc(CN3CCC[C@@H]3C(N)=O)c2)cc1. The number of ether oxygens (including phenoxy) is 1. The minimum absolute atomic E-state index is 0.198. The fourth-order valence-corrected chi connectivity index (χ4v) is 3.57. The van der Waals surface area contributed by atoms with Gasteiger partial charge in [-0.05, 0) is 56.1 Å². The highest BCUT2D eigenvalue weighted by atomic mass is 16.5. The van der Waals surface area contributed by atoms with Crippen molar-refractivity contribution in [2.75, 3.05) is 32.1 Å². The van der Waals surface area contributed by atoms with Crippen LogP contribution in [0, 0.1) is 6.92 Å². The van der Waals surface area contributed by atoms with Gasteiger partial charge in [0.25, 0.3) is 0 Å². The molecule has 0 aromatic heterocycles. The van der Waals surface area contributed by atoms with Crippen LogP contribution in [0.25, 0.3) is 0 Å². The Morgan fingerprint density at radius 3 is 2.73 bits per heavy atom. The molecule has 1 atom stereocenters. The minimum Gasteiger partial charge on any atom is -0.492 e. The minimum atomic E-state index is -0.272. The molecule has 3 amide bonds. The summed E-state index contributed by atoms with van der Waals surface area (Å²) in [5.41, 5.74) is 8.43. The van der Waals surface area contributed by atoms with Crippen molar-refractivity contribution in [3.63, 3.8) is 0 Å². The fraction of sp³-hybridized carbons (Fsp3) is 0.391. The highest BCUT2D eigenvalue weighted by molar-refractivity contribution is 5.89. The fourth-order valence-electron chi connectivity index (χ4n) is 3.57. The van der Waals surface area contributed by atoms with Gasteiger partial charge in [0.2, 0.25) is 5.91 Å². The quantitative estimate of drug-likeness (QED) is 0.700. The molecule has 0 saturated carbocycles. The molecule has 1 fully saturated rings. The Morgan fingerprint density at radius 2 is 2.00 bits per heavy atom. The van der Waals surface area contributed by atoms with E-state index in [1.165, 1.54) is 5.56 Å². The Labute approximate surface area is 177 Å². The van der Waals surface area contributed by atoms with Crippen molar-refractivity contribution in [3.8, 4) is 5.75 Å². The zero-order valence-electron chi connectivity index (χ0n) is 17.6. The summed E-state index contributed by atoms with van der Waals surface area (Å²) in [6.45, 7) is 4.40. The lowest BCUT2D eigenvalue weighted by molar-refractivity contribution is -0.122. The zero-order chi connectivity index (χ0) is 21.5. The van der Waals surface area contributed by atoms with E-state index < -0.39 is 0 Å². The van der Waals surface area contributed by atoms with Crippen LogP contribution in [-0.4, -0.2) is 54.5 Å². The molecule has 3 rings (SSSR count). The monoisotopic (exact) mass is 410 g/mol. The van der Waals surface area contributed by atoms with E-state index in [4.69, 9.17) is 10.5 Å². The summed E-state index contributed by atoms with van der Waals surface area (Å²) in [6, 6.07) is 15.1. The summed E-state index contributed by atoms with van der Waals surface area (Å²) >= 11 is 0. The van der Waals surface area contributed by atoms with Crippen LogP contribution in [0.2, 0.25) is 0 Å². The second-order valence-electron chi connectivity index (χ2n) is 7.74. The molecule has 2 aromatic carbocycles. The van der Waals surface area contributed by atoms with Crippen LogP contribution in [0.15, 0.2) is 48.5 Å². The van der Waals surface area contributed by atoms with Crippen LogP contribution >= 0.6 is 0 Å². The van der Waals surface area contributed by atoms with Gasteiger partial charge in [-0.25, -0.2) is 4.79 Å². The predicted molar refractivity (Wildman–Crippen MR) is 117 cm³/mol. The van der Waals surface area contributed by atoms with Crippen molar-refractivity contribution in [1.29, 1.82) is 0 Å². The molecule has 160 valence electrons. The van der Waals surface area contributed by atoms with Gasteiger partial charge in [0.15, 0.2) is 0 Å². The number of hydrogen-bond acceptors (Lipinski definition) is 4. The van der Waals surface area contributed by atoms with Gasteiger partial charge in [-0.3, -0.25) is 9.69 Å². The lowest BCUT2D eigenvalue weighted by Crippen LogP contribution is -2.39. The molecule has 1 heterocycles. The highest BCUT2D eigenvalue weighted by Crippen LogP contribution is 2.21. The number of likely N-dealkylation sites (N-methyl/N-ethyl adjacent to an activating group) is 1. The van der Waals surface area contributed by atoms with Crippen molar-refractivity contribution < 1.29 is 14.3 Å². The molecule has 1 saturated heterocycles. The topological polar surface area (TPSA) is 87.9 Å². The van der Waals surface area contributed by atoms with Crippen LogP contribution in [0.1, 0.15) is 24.0 Å². The highest BCUT2D eigenvalue weighted by Gasteiger charge is 2.28. The summed E-state index contributed by atoms with van der Waals surface area (Å²) < 4.78 is 5.69. The molecule has 2 aromatic rings. The van der Waals surface area contributed by atoms with Gasteiger partial charge in [-0.2, -0.15) is 0 Å². The van der Waals surface area contributed by atoms with Crippen LogP contribution < -0.4 is 15.8 Å². The first-order valence-corrected chi connectivity index (χ1v) is 10.3. The normalized spacial score (nSPS) is 16.3. The number of carbonyl (C=O) groups is 2. The standard InChI is InChI=1S/C23H30N4O3/c1-17-8-10-20(11-9-17)30-14-13-26(2)23(29)25-19-6-3-5-18(15-19)16-27-12-4-7-21(27)22(24)28/h3,5-6,8-11,15,21H,4,7,12-14,16H2,1-2H3,(H2,24,28)(H,25,29)/t21-/m1/s1. The summed E-state index contributed by atoms with van der Waals surface area (Å²) in [5.74, 6) is 0.518. The average Bonchev–Trinajstić information content (AvgIpc) is 3.18. The second kappa shape index (κ2) is 10.1. The molecular weight excluding hydrogens is 380 g/mol. The number of nitrogens with two attached hydrogens (primary N) is 1.